The average Bonchev–Trinajstić information content (AvgIpc) is 2.82. The van der Waals surface area contributed by atoms with E-state index in [1.54, 1.807) is 30.5 Å². The molecule has 88 valence electrons. The predicted octanol–water partition coefficient (Wildman–Crippen LogP) is 2.52. The SMILES string of the molecule is O=C(NCc1ccco1)c1ccc(I)c(O)c1. The van der Waals surface area contributed by atoms with Crippen molar-refractivity contribution in [2.24, 2.45) is 0 Å². The fraction of sp³-hybridized carbons (Fsp3) is 0.0833. The van der Waals surface area contributed by atoms with Crippen LogP contribution in [0.4, 0.5) is 0 Å². The van der Waals surface area contributed by atoms with Crippen LogP contribution in [-0.2, 0) is 6.54 Å². The zero-order valence-corrected chi connectivity index (χ0v) is 11.0. The number of phenolic OH excluding ortho intramolecular Hbond substituents is 1. The monoisotopic (exact) mass is 343 g/mol. The number of carbonyl (C=O) groups excluding carboxylic acids is 1. The summed E-state index contributed by atoms with van der Waals surface area (Å²) < 4.78 is 5.81. The molecule has 17 heavy (non-hydrogen) atoms. The molecule has 1 heterocycles. The first-order valence-electron chi connectivity index (χ1n) is 4.96. The van der Waals surface area contributed by atoms with Crippen LogP contribution in [0.25, 0.3) is 0 Å². The number of hydrogen-bond acceptors (Lipinski definition) is 3. The number of halogens is 1. The smallest absolute Gasteiger partial charge is 0.251 e. The van der Waals surface area contributed by atoms with Crippen molar-refractivity contribution in [1.29, 1.82) is 0 Å². The van der Waals surface area contributed by atoms with E-state index < -0.39 is 0 Å². The van der Waals surface area contributed by atoms with Crippen LogP contribution >= 0.6 is 22.6 Å². The Morgan fingerprint density at radius 2 is 2.24 bits per heavy atom. The van der Waals surface area contributed by atoms with Crippen molar-refractivity contribution in [1.82, 2.24) is 5.32 Å². The van der Waals surface area contributed by atoms with Crippen molar-refractivity contribution in [3.63, 3.8) is 0 Å². The first kappa shape index (κ1) is 12.0. The minimum atomic E-state index is -0.242. The van der Waals surface area contributed by atoms with E-state index in [4.69, 9.17) is 4.42 Å². The van der Waals surface area contributed by atoms with Crippen molar-refractivity contribution in [2.45, 2.75) is 6.54 Å². The number of carbonyl (C=O) groups is 1. The highest BCUT2D eigenvalue weighted by Crippen LogP contribution is 2.20. The third-order valence-electron chi connectivity index (χ3n) is 2.21. The van der Waals surface area contributed by atoms with Crippen LogP contribution in [0.2, 0.25) is 0 Å². The fourth-order valence-electron chi connectivity index (χ4n) is 1.34. The number of nitrogens with one attached hydrogen (secondary N) is 1. The van der Waals surface area contributed by atoms with E-state index in [0.29, 0.717) is 21.4 Å². The minimum absolute atomic E-state index is 0.108. The molecule has 0 saturated heterocycles. The van der Waals surface area contributed by atoms with Gasteiger partial charge in [-0.2, -0.15) is 0 Å². The lowest BCUT2D eigenvalue weighted by Gasteiger charge is -2.04. The quantitative estimate of drug-likeness (QED) is 0.842. The fourth-order valence-corrected chi connectivity index (χ4v) is 1.67. The molecule has 0 fully saturated rings. The summed E-state index contributed by atoms with van der Waals surface area (Å²) in [6, 6.07) is 8.35. The average molecular weight is 343 g/mol. The second-order valence-electron chi connectivity index (χ2n) is 3.43. The van der Waals surface area contributed by atoms with E-state index in [2.05, 4.69) is 5.32 Å². The number of furan rings is 1. The first-order valence-corrected chi connectivity index (χ1v) is 6.04. The summed E-state index contributed by atoms with van der Waals surface area (Å²) in [5, 5.41) is 12.2. The molecular weight excluding hydrogens is 333 g/mol. The second kappa shape index (κ2) is 5.22. The molecule has 2 rings (SSSR count). The van der Waals surface area contributed by atoms with Gasteiger partial charge in [-0.05, 0) is 52.9 Å². The molecule has 0 bridgehead atoms. The van der Waals surface area contributed by atoms with Crippen LogP contribution in [0, 0.1) is 3.57 Å². The maximum absolute atomic E-state index is 11.7. The molecule has 1 aromatic carbocycles. The molecule has 1 aromatic heterocycles. The third kappa shape index (κ3) is 3.00. The number of benzene rings is 1. The Balaban J connectivity index is 2.02. The highest BCUT2D eigenvalue weighted by molar-refractivity contribution is 14.1. The molecule has 0 atom stereocenters. The van der Waals surface area contributed by atoms with Gasteiger partial charge in [0.05, 0.1) is 16.4 Å². The van der Waals surface area contributed by atoms with E-state index in [1.807, 2.05) is 22.6 Å². The standard InChI is InChI=1S/C12H10INO3/c13-10-4-3-8(6-11(10)15)12(16)14-7-9-2-1-5-17-9/h1-6,15H,7H2,(H,14,16). The molecule has 0 aliphatic rings. The Labute approximate surface area is 112 Å². The van der Waals surface area contributed by atoms with Gasteiger partial charge in [0, 0.05) is 5.56 Å². The second-order valence-corrected chi connectivity index (χ2v) is 4.59. The summed E-state index contributed by atoms with van der Waals surface area (Å²) >= 11 is 2.00. The van der Waals surface area contributed by atoms with E-state index in [9.17, 15) is 9.90 Å². The highest BCUT2D eigenvalue weighted by Gasteiger charge is 2.08. The summed E-state index contributed by atoms with van der Waals surface area (Å²) in [5.74, 6) is 0.553. The van der Waals surface area contributed by atoms with Crippen LogP contribution in [0.3, 0.4) is 0 Å². The maximum Gasteiger partial charge on any atom is 0.251 e. The van der Waals surface area contributed by atoms with Gasteiger partial charge in [0.25, 0.3) is 5.91 Å². The predicted molar refractivity (Wildman–Crippen MR) is 70.7 cm³/mol. The number of rotatable bonds is 3. The Morgan fingerprint density at radius 3 is 2.88 bits per heavy atom. The lowest BCUT2D eigenvalue weighted by atomic mass is 10.2. The highest BCUT2D eigenvalue weighted by atomic mass is 127. The third-order valence-corrected chi connectivity index (χ3v) is 3.12. The van der Waals surface area contributed by atoms with Crippen molar-refractivity contribution < 1.29 is 14.3 Å². The van der Waals surface area contributed by atoms with Crippen LogP contribution in [-0.4, -0.2) is 11.0 Å². The molecule has 2 N–H and O–H groups in total. The van der Waals surface area contributed by atoms with Gasteiger partial charge in [-0.1, -0.05) is 0 Å². The van der Waals surface area contributed by atoms with Crippen LogP contribution in [0.1, 0.15) is 16.1 Å². The molecular formula is C12H10INO3. The lowest BCUT2D eigenvalue weighted by molar-refractivity contribution is 0.0947. The Kier molecular flexibility index (Phi) is 3.68. The van der Waals surface area contributed by atoms with Crippen LogP contribution < -0.4 is 5.32 Å². The summed E-state index contributed by atoms with van der Waals surface area (Å²) in [7, 11) is 0. The molecule has 0 unspecified atom stereocenters. The van der Waals surface area contributed by atoms with Crippen molar-refractivity contribution >= 4 is 28.5 Å². The zero-order chi connectivity index (χ0) is 12.3. The number of aromatic hydroxyl groups is 1. The van der Waals surface area contributed by atoms with Gasteiger partial charge >= 0.3 is 0 Å². The molecule has 2 aromatic rings. The van der Waals surface area contributed by atoms with Gasteiger partial charge in [-0.25, -0.2) is 0 Å². The Hall–Kier alpha value is -1.50. The Morgan fingerprint density at radius 1 is 1.41 bits per heavy atom. The molecule has 5 heteroatoms. The van der Waals surface area contributed by atoms with Gasteiger partial charge in [0.1, 0.15) is 11.5 Å². The summed E-state index contributed by atoms with van der Waals surface area (Å²) in [5.41, 5.74) is 0.425. The van der Waals surface area contributed by atoms with Crippen molar-refractivity contribution in [2.75, 3.05) is 0 Å². The largest absolute Gasteiger partial charge is 0.507 e. The molecule has 1 amide bonds. The van der Waals surface area contributed by atoms with Gasteiger partial charge in [0.15, 0.2) is 0 Å². The van der Waals surface area contributed by atoms with E-state index in [1.165, 1.54) is 6.07 Å². The molecule has 0 radical (unpaired) electrons. The molecule has 0 spiro atoms. The lowest BCUT2D eigenvalue weighted by Crippen LogP contribution is -2.22. The maximum atomic E-state index is 11.7. The number of hydrogen-bond donors (Lipinski definition) is 2. The van der Waals surface area contributed by atoms with Crippen LogP contribution in [0.5, 0.6) is 5.75 Å². The summed E-state index contributed by atoms with van der Waals surface area (Å²) in [4.78, 5) is 11.7. The van der Waals surface area contributed by atoms with Crippen LogP contribution in [0.15, 0.2) is 41.0 Å². The number of phenols is 1. The van der Waals surface area contributed by atoms with Crippen molar-refractivity contribution in [3.8, 4) is 5.75 Å². The normalized spacial score (nSPS) is 10.2. The van der Waals surface area contributed by atoms with E-state index >= 15 is 0 Å². The molecule has 0 aliphatic heterocycles. The summed E-state index contributed by atoms with van der Waals surface area (Å²) in [6.07, 6.45) is 1.55. The van der Waals surface area contributed by atoms with E-state index in [-0.39, 0.29) is 11.7 Å². The van der Waals surface area contributed by atoms with Gasteiger partial charge in [-0.3, -0.25) is 4.79 Å². The van der Waals surface area contributed by atoms with E-state index in [0.717, 1.165) is 0 Å². The summed E-state index contributed by atoms with van der Waals surface area (Å²) in [6.45, 7) is 0.332. The first-order chi connectivity index (χ1) is 8.16. The minimum Gasteiger partial charge on any atom is -0.507 e. The Bertz CT molecular complexity index is 523. The molecule has 0 saturated carbocycles. The van der Waals surface area contributed by atoms with Gasteiger partial charge in [-0.15, -0.1) is 0 Å². The molecule has 0 aliphatic carbocycles. The number of amides is 1. The zero-order valence-electron chi connectivity index (χ0n) is 8.81. The topological polar surface area (TPSA) is 62.5 Å². The molecule has 4 nitrogen and oxygen atoms in total. The van der Waals surface area contributed by atoms with Crippen molar-refractivity contribution in [3.05, 3.63) is 51.5 Å². The van der Waals surface area contributed by atoms with Gasteiger partial charge < -0.3 is 14.8 Å². The van der Waals surface area contributed by atoms with Gasteiger partial charge in [0.2, 0.25) is 0 Å².